The highest BCUT2D eigenvalue weighted by Gasteiger charge is 2.18. The van der Waals surface area contributed by atoms with E-state index < -0.39 is 0 Å². The Hall–Kier alpha value is -3.42. The van der Waals surface area contributed by atoms with Crippen LogP contribution in [0.25, 0.3) is 5.69 Å². The second-order valence-corrected chi connectivity index (χ2v) is 6.58. The predicted octanol–water partition coefficient (Wildman–Crippen LogP) is 2.04. The van der Waals surface area contributed by atoms with Crippen LogP contribution < -0.4 is 10.6 Å². The number of benzene rings is 2. The number of halogens is 1. The molecule has 8 heteroatoms. The number of nitrogens with zero attached hydrogens (tertiary/aromatic N) is 6. The molecule has 7 nitrogen and oxygen atoms in total. The van der Waals surface area contributed by atoms with Crippen LogP contribution in [0, 0.1) is 5.82 Å². The van der Waals surface area contributed by atoms with E-state index in [-0.39, 0.29) is 5.82 Å². The highest BCUT2D eigenvalue weighted by atomic mass is 19.1. The van der Waals surface area contributed by atoms with E-state index >= 15 is 0 Å². The van der Waals surface area contributed by atoms with Gasteiger partial charge in [0.2, 0.25) is 0 Å². The summed E-state index contributed by atoms with van der Waals surface area (Å²) in [6.45, 7) is 3.50. The number of piperazine rings is 1. The normalized spacial score (nSPS) is 15.1. The SMILES string of the molecule is NC(=NCc1nncn1-c1ccccc1)N1CCN(c2ccc(F)cc2)CC1. The zero-order valence-electron chi connectivity index (χ0n) is 15.4. The molecule has 1 aliphatic heterocycles. The molecule has 1 fully saturated rings. The molecule has 0 spiro atoms. The fourth-order valence-electron chi connectivity index (χ4n) is 3.27. The maximum absolute atomic E-state index is 13.1. The number of anilines is 1. The van der Waals surface area contributed by atoms with Crippen molar-refractivity contribution in [1.82, 2.24) is 19.7 Å². The highest BCUT2D eigenvalue weighted by molar-refractivity contribution is 5.78. The van der Waals surface area contributed by atoms with E-state index in [2.05, 4.69) is 25.0 Å². The van der Waals surface area contributed by atoms with Gasteiger partial charge in [-0.2, -0.15) is 0 Å². The van der Waals surface area contributed by atoms with Crippen molar-refractivity contribution in [2.45, 2.75) is 6.54 Å². The molecule has 3 aromatic rings. The van der Waals surface area contributed by atoms with Gasteiger partial charge in [0.05, 0.1) is 0 Å². The van der Waals surface area contributed by atoms with Crippen molar-refractivity contribution in [3.8, 4) is 5.69 Å². The summed E-state index contributed by atoms with van der Waals surface area (Å²) in [4.78, 5) is 8.79. The van der Waals surface area contributed by atoms with Crippen LogP contribution in [0.15, 0.2) is 65.9 Å². The molecule has 0 radical (unpaired) electrons. The summed E-state index contributed by atoms with van der Waals surface area (Å²) >= 11 is 0. The van der Waals surface area contributed by atoms with Crippen molar-refractivity contribution in [3.63, 3.8) is 0 Å². The molecular formula is C20H22FN7. The standard InChI is InChI=1S/C20H22FN7/c21-16-6-8-17(9-7-16)26-10-12-27(13-11-26)20(22)23-14-19-25-24-15-28(19)18-4-2-1-3-5-18/h1-9,15H,10-14H2,(H2,22,23). The molecule has 2 N–H and O–H groups in total. The Kier molecular flexibility index (Phi) is 5.18. The summed E-state index contributed by atoms with van der Waals surface area (Å²) < 4.78 is 15.0. The number of hydrogen-bond acceptors (Lipinski definition) is 4. The minimum absolute atomic E-state index is 0.220. The Morgan fingerprint density at radius 1 is 0.964 bits per heavy atom. The number of aromatic nitrogens is 3. The van der Waals surface area contributed by atoms with E-state index in [1.165, 1.54) is 12.1 Å². The van der Waals surface area contributed by atoms with Crippen LogP contribution in [0.1, 0.15) is 5.82 Å². The molecule has 1 aromatic heterocycles. The number of rotatable bonds is 4. The lowest BCUT2D eigenvalue weighted by Gasteiger charge is -2.36. The lowest BCUT2D eigenvalue weighted by molar-refractivity contribution is 0.380. The summed E-state index contributed by atoms with van der Waals surface area (Å²) in [5, 5.41) is 8.16. The van der Waals surface area contributed by atoms with Gasteiger partial charge >= 0.3 is 0 Å². The molecule has 0 saturated carbocycles. The van der Waals surface area contributed by atoms with Gasteiger partial charge < -0.3 is 15.5 Å². The summed E-state index contributed by atoms with van der Waals surface area (Å²) in [6, 6.07) is 16.5. The van der Waals surface area contributed by atoms with Gasteiger partial charge in [-0.3, -0.25) is 4.57 Å². The van der Waals surface area contributed by atoms with Crippen LogP contribution in [-0.2, 0) is 6.54 Å². The molecule has 144 valence electrons. The van der Waals surface area contributed by atoms with Gasteiger partial charge in [-0.25, -0.2) is 9.38 Å². The average Bonchev–Trinajstić information content (AvgIpc) is 3.22. The molecule has 0 bridgehead atoms. The zero-order chi connectivity index (χ0) is 19.3. The van der Waals surface area contributed by atoms with E-state index in [9.17, 15) is 4.39 Å². The first-order valence-corrected chi connectivity index (χ1v) is 9.20. The highest BCUT2D eigenvalue weighted by Crippen LogP contribution is 2.17. The van der Waals surface area contributed by atoms with Crippen molar-refractivity contribution < 1.29 is 4.39 Å². The Morgan fingerprint density at radius 3 is 2.39 bits per heavy atom. The number of nitrogens with two attached hydrogens (primary N) is 1. The van der Waals surface area contributed by atoms with Gasteiger partial charge in [0.1, 0.15) is 18.7 Å². The van der Waals surface area contributed by atoms with Gasteiger partial charge in [0.25, 0.3) is 0 Å². The smallest absolute Gasteiger partial charge is 0.191 e. The molecular weight excluding hydrogens is 357 g/mol. The number of guanidine groups is 1. The van der Waals surface area contributed by atoms with Gasteiger partial charge in [0, 0.05) is 37.6 Å². The Labute approximate surface area is 162 Å². The van der Waals surface area contributed by atoms with Crippen molar-refractivity contribution in [3.05, 3.63) is 72.6 Å². The van der Waals surface area contributed by atoms with Crippen molar-refractivity contribution in [1.29, 1.82) is 0 Å². The van der Waals surface area contributed by atoms with Crippen LogP contribution in [0.4, 0.5) is 10.1 Å². The van der Waals surface area contributed by atoms with Gasteiger partial charge in [-0.15, -0.1) is 10.2 Å². The first-order valence-electron chi connectivity index (χ1n) is 9.20. The summed E-state index contributed by atoms with van der Waals surface area (Å²) in [7, 11) is 0. The van der Waals surface area contributed by atoms with E-state index in [1.807, 2.05) is 34.9 Å². The number of para-hydroxylation sites is 1. The van der Waals surface area contributed by atoms with Crippen LogP contribution in [0.3, 0.4) is 0 Å². The molecule has 2 heterocycles. The maximum atomic E-state index is 13.1. The largest absolute Gasteiger partial charge is 0.370 e. The average molecular weight is 379 g/mol. The molecule has 1 aliphatic rings. The monoisotopic (exact) mass is 379 g/mol. The fraction of sp³-hybridized carbons (Fsp3) is 0.250. The Bertz CT molecular complexity index is 929. The molecule has 0 atom stereocenters. The van der Waals surface area contributed by atoms with Crippen LogP contribution >= 0.6 is 0 Å². The van der Waals surface area contributed by atoms with Crippen molar-refractivity contribution >= 4 is 11.6 Å². The molecule has 0 amide bonds. The second kappa shape index (κ2) is 8.08. The quantitative estimate of drug-likeness (QED) is 0.555. The van der Waals surface area contributed by atoms with E-state index in [0.717, 1.165) is 43.4 Å². The minimum atomic E-state index is -0.220. The van der Waals surface area contributed by atoms with Gasteiger partial charge in [-0.1, -0.05) is 18.2 Å². The Morgan fingerprint density at radius 2 is 1.68 bits per heavy atom. The Balaban J connectivity index is 1.37. The number of hydrogen-bond donors (Lipinski definition) is 1. The second-order valence-electron chi connectivity index (χ2n) is 6.58. The third-order valence-electron chi connectivity index (χ3n) is 4.83. The summed E-state index contributed by atoms with van der Waals surface area (Å²) in [6.07, 6.45) is 1.68. The lowest BCUT2D eigenvalue weighted by Crippen LogP contribution is -2.51. The summed E-state index contributed by atoms with van der Waals surface area (Å²) in [5.74, 6) is 1.02. The molecule has 1 saturated heterocycles. The predicted molar refractivity (Wildman–Crippen MR) is 107 cm³/mol. The topological polar surface area (TPSA) is 75.6 Å². The van der Waals surface area contributed by atoms with E-state index in [4.69, 9.17) is 5.73 Å². The zero-order valence-corrected chi connectivity index (χ0v) is 15.4. The van der Waals surface area contributed by atoms with Crippen LogP contribution in [0.2, 0.25) is 0 Å². The molecule has 2 aromatic carbocycles. The van der Waals surface area contributed by atoms with Crippen LogP contribution in [-0.4, -0.2) is 51.8 Å². The minimum Gasteiger partial charge on any atom is -0.370 e. The fourth-order valence-corrected chi connectivity index (χ4v) is 3.27. The van der Waals surface area contributed by atoms with Gasteiger partial charge in [-0.05, 0) is 36.4 Å². The van der Waals surface area contributed by atoms with E-state index in [0.29, 0.717) is 12.5 Å². The van der Waals surface area contributed by atoms with E-state index in [1.54, 1.807) is 18.5 Å². The van der Waals surface area contributed by atoms with Crippen molar-refractivity contribution in [2.75, 3.05) is 31.1 Å². The first-order chi connectivity index (χ1) is 13.7. The third kappa shape index (κ3) is 3.95. The number of aliphatic imine (C=N–C) groups is 1. The summed E-state index contributed by atoms with van der Waals surface area (Å²) in [5.41, 5.74) is 8.22. The first kappa shape index (κ1) is 18.0. The molecule has 0 aliphatic carbocycles. The molecule has 28 heavy (non-hydrogen) atoms. The van der Waals surface area contributed by atoms with Gasteiger partial charge in [0.15, 0.2) is 11.8 Å². The maximum Gasteiger partial charge on any atom is 0.191 e. The molecule has 0 unspecified atom stereocenters. The molecule has 4 rings (SSSR count). The van der Waals surface area contributed by atoms with Crippen molar-refractivity contribution in [2.24, 2.45) is 10.7 Å². The third-order valence-corrected chi connectivity index (χ3v) is 4.83. The van der Waals surface area contributed by atoms with Crippen LogP contribution in [0.5, 0.6) is 0 Å². The lowest BCUT2D eigenvalue weighted by atomic mass is 10.2.